The van der Waals surface area contributed by atoms with E-state index in [0.29, 0.717) is 0 Å². The summed E-state index contributed by atoms with van der Waals surface area (Å²) in [5.74, 6) is 0. The molecule has 0 N–H and O–H groups in total. The summed E-state index contributed by atoms with van der Waals surface area (Å²) in [7, 11) is 0. The highest BCUT2D eigenvalue weighted by Crippen LogP contribution is 2.45. The number of hydrogen-bond donors (Lipinski definition) is 0. The molecule has 150 valence electrons. The molecule has 1 nitrogen and oxygen atoms in total. The molecule has 0 unspecified atom stereocenters. The predicted octanol–water partition coefficient (Wildman–Crippen LogP) is 8.39. The second-order valence-corrected chi connectivity index (χ2v) is 7.99. The number of nitrogens with zero attached hydrogens (tertiary/aromatic N) is 1. The molecule has 32 heavy (non-hydrogen) atoms. The van der Waals surface area contributed by atoms with Gasteiger partial charge in [-0.05, 0) is 55.6 Å². The summed E-state index contributed by atoms with van der Waals surface area (Å²) in [6, 6.07) is 40.9. The first-order valence-corrected chi connectivity index (χ1v) is 10.9. The van der Waals surface area contributed by atoms with Crippen LogP contribution in [0.1, 0.15) is 0 Å². The molecule has 0 fully saturated rings. The summed E-state index contributed by atoms with van der Waals surface area (Å²) in [5.41, 5.74) is 7.41. The van der Waals surface area contributed by atoms with Crippen molar-refractivity contribution in [1.29, 1.82) is 0 Å². The zero-order valence-electron chi connectivity index (χ0n) is 17.6. The maximum Gasteiger partial charge on any atom is 0.0353 e. The second kappa shape index (κ2) is 7.79. The average molecular weight is 408 g/mol. The molecule has 1 heteroatoms. The Kier molecular flexibility index (Phi) is 4.51. The minimum absolute atomic E-state index is 1.17. The summed E-state index contributed by atoms with van der Waals surface area (Å²) >= 11 is 0. The van der Waals surface area contributed by atoms with Crippen molar-refractivity contribution in [1.82, 2.24) is 4.98 Å². The fraction of sp³-hybridized carbons (Fsp3) is 0. The minimum Gasteiger partial charge on any atom is -0.264 e. The van der Waals surface area contributed by atoms with Gasteiger partial charge in [0.15, 0.2) is 0 Å². The van der Waals surface area contributed by atoms with Crippen molar-refractivity contribution in [3.63, 3.8) is 0 Å². The molecule has 0 aliphatic rings. The van der Waals surface area contributed by atoms with Crippen molar-refractivity contribution in [2.45, 2.75) is 0 Å². The van der Waals surface area contributed by atoms with E-state index in [1.807, 2.05) is 12.4 Å². The highest BCUT2D eigenvalue weighted by molar-refractivity contribution is 6.22. The summed E-state index contributed by atoms with van der Waals surface area (Å²) in [6.07, 6.45) is 3.92. The Morgan fingerprint density at radius 2 is 0.906 bits per heavy atom. The molecule has 6 aromatic rings. The topological polar surface area (TPSA) is 12.9 Å². The normalized spacial score (nSPS) is 11.1. The van der Waals surface area contributed by atoms with Crippen LogP contribution in [-0.2, 0) is 0 Å². The number of aromatic nitrogens is 1. The van der Waals surface area contributed by atoms with E-state index in [-0.39, 0.29) is 0 Å². The lowest BCUT2D eigenvalue weighted by Gasteiger charge is -2.19. The SMILES string of the molecule is c1ccc(-c2ccccc2-c2c3ccccc3c(-c3ccccc3)c3ccncc23)cc1. The molecule has 0 saturated heterocycles. The van der Waals surface area contributed by atoms with E-state index in [1.54, 1.807) is 0 Å². The minimum atomic E-state index is 1.17. The van der Waals surface area contributed by atoms with Gasteiger partial charge in [-0.25, -0.2) is 0 Å². The fourth-order valence-electron chi connectivity index (χ4n) is 4.80. The van der Waals surface area contributed by atoms with Gasteiger partial charge in [0.05, 0.1) is 0 Å². The molecule has 0 radical (unpaired) electrons. The van der Waals surface area contributed by atoms with Crippen LogP contribution in [0, 0.1) is 0 Å². The molecule has 6 rings (SSSR count). The van der Waals surface area contributed by atoms with E-state index < -0.39 is 0 Å². The van der Waals surface area contributed by atoms with Crippen LogP contribution in [0.15, 0.2) is 128 Å². The van der Waals surface area contributed by atoms with E-state index in [1.165, 1.54) is 54.9 Å². The summed E-state index contributed by atoms with van der Waals surface area (Å²) < 4.78 is 0. The summed E-state index contributed by atoms with van der Waals surface area (Å²) in [5, 5.41) is 4.90. The van der Waals surface area contributed by atoms with Crippen LogP contribution >= 0.6 is 0 Å². The fourth-order valence-corrected chi connectivity index (χ4v) is 4.80. The summed E-state index contributed by atoms with van der Waals surface area (Å²) in [6.45, 7) is 0. The third-order valence-corrected chi connectivity index (χ3v) is 6.17. The van der Waals surface area contributed by atoms with E-state index in [2.05, 4.69) is 120 Å². The zero-order valence-corrected chi connectivity index (χ0v) is 17.6. The molecule has 1 heterocycles. The van der Waals surface area contributed by atoms with Crippen molar-refractivity contribution in [2.75, 3.05) is 0 Å². The van der Waals surface area contributed by atoms with Gasteiger partial charge in [0.2, 0.25) is 0 Å². The molecule has 0 spiro atoms. The van der Waals surface area contributed by atoms with Crippen LogP contribution in [0.5, 0.6) is 0 Å². The zero-order chi connectivity index (χ0) is 21.3. The van der Waals surface area contributed by atoms with Gasteiger partial charge in [0, 0.05) is 17.8 Å². The third-order valence-electron chi connectivity index (χ3n) is 6.17. The lowest BCUT2D eigenvalue weighted by Crippen LogP contribution is -1.93. The van der Waals surface area contributed by atoms with Gasteiger partial charge < -0.3 is 0 Å². The van der Waals surface area contributed by atoms with Crippen LogP contribution in [0.2, 0.25) is 0 Å². The molecule has 0 bridgehead atoms. The Labute approximate surface area is 187 Å². The quantitative estimate of drug-likeness (QED) is 0.268. The standard InChI is InChI=1S/C31H21N/c1-3-11-22(12-4-1)24-15-7-8-16-25(24)31-27-18-10-9-17-26(27)30(23-13-5-2-6-14-23)28-19-20-32-21-29(28)31/h1-21H. The Balaban J connectivity index is 1.79. The first-order chi connectivity index (χ1) is 15.9. The van der Waals surface area contributed by atoms with Crippen molar-refractivity contribution in [2.24, 2.45) is 0 Å². The molecular formula is C31H21N. The maximum atomic E-state index is 4.54. The monoisotopic (exact) mass is 407 g/mol. The van der Waals surface area contributed by atoms with Crippen molar-refractivity contribution >= 4 is 21.5 Å². The van der Waals surface area contributed by atoms with Gasteiger partial charge >= 0.3 is 0 Å². The van der Waals surface area contributed by atoms with Crippen LogP contribution in [-0.4, -0.2) is 4.98 Å². The van der Waals surface area contributed by atoms with Gasteiger partial charge in [-0.2, -0.15) is 0 Å². The number of pyridine rings is 1. The van der Waals surface area contributed by atoms with Gasteiger partial charge in [-0.3, -0.25) is 4.98 Å². The third kappa shape index (κ3) is 2.99. The first kappa shape index (κ1) is 18.5. The molecular weight excluding hydrogens is 386 g/mol. The van der Waals surface area contributed by atoms with Crippen LogP contribution < -0.4 is 0 Å². The van der Waals surface area contributed by atoms with E-state index in [9.17, 15) is 0 Å². The number of benzene rings is 5. The largest absolute Gasteiger partial charge is 0.264 e. The van der Waals surface area contributed by atoms with Crippen LogP contribution in [0.25, 0.3) is 54.9 Å². The lowest BCUT2D eigenvalue weighted by molar-refractivity contribution is 1.37. The Hall–Kier alpha value is -4.23. The van der Waals surface area contributed by atoms with E-state index >= 15 is 0 Å². The van der Waals surface area contributed by atoms with Crippen molar-refractivity contribution in [3.8, 4) is 33.4 Å². The molecule has 0 amide bonds. The number of fused-ring (bicyclic) bond motifs is 2. The van der Waals surface area contributed by atoms with Gasteiger partial charge in [-0.15, -0.1) is 0 Å². The Bertz CT molecular complexity index is 1490. The van der Waals surface area contributed by atoms with Gasteiger partial charge in [-0.1, -0.05) is 109 Å². The molecule has 0 aliphatic heterocycles. The Morgan fingerprint density at radius 3 is 1.62 bits per heavy atom. The van der Waals surface area contributed by atoms with Crippen molar-refractivity contribution < 1.29 is 0 Å². The second-order valence-electron chi connectivity index (χ2n) is 7.99. The first-order valence-electron chi connectivity index (χ1n) is 10.9. The smallest absolute Gasteiger partial charge is 0.0353 e. The van der Waals surface area contributed by atoms with Crippen molar-refractivity contribution in [3.05, 3.63) is 128 Å². The van der Waals surface area contributed by atoms with Gasteiger partial charge in [0.1, 0.15) is 0 Å². The average Bonchev–Trinajstić information content (AvgIpc) is 2.88. The number of hydrogen-bond acceptors (Lipinski definition) is 1. The lowest BCUT2D eigenvalue weighted by atomic mass is 9.84. The van der Waals surface area contributed by atoms with Crippen LogP contribution in [0.3, 0.4) is 0 Å². The predicted molar refractivity (Wildman–Crippen MR) is 136 cm³/mol. The molecule has 0 atom stereocenters. The molecule has 5 aromatic carbocycles. The maximum absolute atomic E-state index is 4.54. The van der Waals surface area contributed by atoms with E-state index in [0.717, 1.165) is 0 Å². The molecule has 0 saturated carbocycles. The summed E-state index contributed by atoms with van der Waals surface area (Å²) in [4.78, 5) is 4.54. The molecule has 1 aromatic heterocycles. The Morgan fingerprint density at radius 1 is 0.375 bits per heavy atom. The highest BCUT2D eigenvalue weighted by atomic mass is 14.6. The van der Waals surface area contributed by atoms with E-state index in [4.69, 9.17) is 0 Å². The van der Waals surface area contributed by atoms with Crippen LogP contribution in [0.4, 0.5) is 0 Å². The highest BCUT2D eigenvalue weighted by Gasteiger charge is 2.18. The number of rotatable bonds is 3. The van der Waals surface area contributed by atoms with Gasteiger partial charge in [0.25, 0.3) is 0 Å². The molecule has 0 aliphatic carbocycles.